The fraction of sp³-hybridized carbons (Fsp3) is 0.176. The van der Waals surface area contributed by atoms with Crippen molar-refractivity contribution >= 4 is 23.3 Å². The monoisotopic (exact) mass is 293 g/mol. The molecule has 0 aliphatic rings. The molecule has 3 nitrogen and oxygen atoms in total. The van der Waals surface area contributed by atoms with Crippen LogP contribution in [0.4, 0.5) is 0 Å². The molecule has 1 heterocycles. The van der Waals surface area contributed by atoms with Crippen molar-refractivity contribution in [3.05, 3.63) is 58.4 Å². The number of rotatable bonds is 2. The molecule has 0 atom stereocenters. The molecule has 0 bridgehead atoms. The maximum Gasteiger partial charge on any atom is 0.182 e. The van der Waals surface area contributed by atoms with Crippen molar-refractivity contribution in [1.29, 1.82) is 5.26 Å². The molecule has 0 saturated carbocycles. The van der Waals surface area contributed by atoms with Crippen molar-refractivity contribution in [2.24, 2.45) is 0 Å². The highest BCUT2D eigenvalue weighted by Gasteiger charge is 2.12. The van der Waals surface area contributed by atoms with Crippen molar-refractivity contribution in [3.8, 4) is 11.8 Å². The van der Waals surface area contributed by atoms with Gasteiger partial charge in [0.2, 0.25) is 0 Å². The van der Waals surface area contributed by atoms with E-state index in [4.69, 9.17) is 17.5 Å². The number of nitrogens with zero attached hydrogens (tertiary/aromatic N) is 2. The third-order valence-corrected chi connectivity index (χ3v) is 3.90. The number of nitrogens with one attached hydrogen (secondary N) is 1. The molecule has 3 aromatic rings. The molecule has 0 saturated heterocycles. The van der Waals surface area contributed by atoms with Crippen LogP contribution in [-0.4, -0.2) is 9.55 Å². The lowest BCUT2D eigenvalue weighted by molar-refractivity contribution is 0.848. The molecule has 104 valence electrons. The van der Waals surface area contributed by atoms with Crippen LogP contribution in [0.25, 0.3) is 16.7 Å². The number of para-hydroxylation sites is 1. The number of hydrogen-bond acceptors (Lipinski definition) is 2. The zero-order valence-corrected chi connectivity index (χ0v) is 12.7. The van der Waals surface area contributed by atoms with E-state index in [9.17, 15) is 0 Å². The molecule has 21 heavy (non-hydrogen) atoms. The van der Waals surface area contributed by atoms with Gasteiger partial charge in [-0.05, 0) is 48.0 Å². The standard InChI is InChI=1S/C17H15N3S/c1-11(2)13-5-3-4-6-15(13)20-16-9-12(10-18)7-8-14(16)19-17(20)21/h3-9,11H,1-2H3,(H,19,21). The number of hydrogen-bond donors (Lipinski definition) is 1. The molecule has 4 heteroatoms. The second-order valence-electron chi connectivity index (χ2n) is 5.32. The third kappa shape index (κ3) is 2.26. The van der Waals surface area contributed by atoms with Crippen molar-refractivity contribution in [1.82, 2.24) is 9.55 Å². The summed E-state index contributed by atoms with van der Waals surface area (Å²) in [6.45, 7) is 4.33. The first kappa shape index (κ1) is 13.6. The van der Waals surface area contributed by atoms with E-state index in [2.05, 4.69) is 37.0 Å². The Kier molecular flexibility index (Phi) is 3.36. The van der Waals surface area contributed by atoms with Gasteiger partial charge in [-0.3, -0.25) is 4.57 Å². The zero-order valence-electron chi connectivity index (χ0n) is 11.9. The van der Waals surface area contributed by atoms with E-state index in [1.807, 2.05) is 28.8 Å². The average molecular weight is 293 g/mol. The molecule has 0 aliphatic carbocycles. The Hall–Kier alpha value is -2.38. The van der Waals surface area contributed by atoms with Crippen molar-refractivity contribution in [2.75, 3.05) is 0 Å². The van der Waals surface area contributed by atoms with Gasteiger partial charge in [-0.15, -0.1) is 0 Å². The molecular formula is C17H15N3S. The summed E-state index contributed by atoms with van der Waals surface area (Å²) < 4.78 is 2.66. The Balaban J connectivity index is 2.38. The highest BCUT2D eigenvalue weighted by molar-refractivity contribution is 7.71. The molecular weight excluding hydrogens is 278 g/mol. The first-order valence-corrected chi connectivity index (χ1v) is 7.27. The molecule has 2 aromatic carbocycles. The summed E-state index contributed by atoms with van der Waals surface area (Å²) >= 11 is 5.49. The van der Waals surface area contributed by atoms with Crippen LogP contribution in [0.5, 0.6) is 0 Å². The fourth-order valence-electron chi connectivity index (χ4n) is 2.59. The molecule has 0 radical (unpaired) electrons. The van der Waals surface area contributed by atoms with Gasteiger partial charge in [-0.25, -0.2) is 0 Å². The number of aromatic nitrogens is 2. The summed E-state index contributed by atoms with van der Waals surface area (Å²) in [5, 5.41) is 9.11. The van der Waals surface area contributed by atoms with Gasteiger partial charge in [0.05, 0.1) is 28.4 Å². The largest absolute Gasteiger partial charge is 0.330 e. The zero-order chi connectivity index (χ0) is 15.0. The lowest BCUT2D eigenvalue weighted by Crippen LogP contribution is -2.01. The van der Waals surface area contributed by atoms with Crippen LogP contribution in [0.1, 0.15) is 30.9 Å². The second-order valence-corrected chi connectivity index (χ2v) is 5.71. The lowest BCUT2D eigenvalue weighted by atomic mass is 10.0. The maximum absolute atomic E-state index is 9.11. The molecule has 1 aromatic heterocycles. The smallest absolute Gasteiger partial charge is 0.182 e. The first-order chi connectivity index (χ1) is 10.1. The highest BCUT2D eigenvalue weighted by atomic mass is 32.1. The Morgan fingerprint density at radius 3 is 2.67 bits per heavy atom. The molecule has 0 amide bonds. The normalized spacial score (nSPS) is 11.0. The van der Waals surface area contributed by atoms with E-state index in [-0.39, 0.29) is 0 Å². The number of aromatic amines is 1. The minimum absolute atomic E-state index is 0.396. The Labute approximate surface area is 128 Å². The van der Waals surface area contributed by atoms with Gasteiger partial charge < -0.3 is 4.98 Å². The number of nitriles is 1. The third-order valence-electron chi connectivity index (χ3n) is 3.61. The SMILES string of the molecule is CC(C)c1ccccc1-n1c(=S)[nH]c2ccc(C#N)cc21. The number of imidazole rings is 1. The van der Waals surface area contributed by atoms with Gasteiger partial charge in [0.1, 0.15) is 0 Å². The Morgan fingerprint density at radius 1 is 1.19 bits per heavy atom. The van der Waals surface area contributed by atoms with Gasteiger partial charge in [0.15, 0.2) is 4.77 Å². The first-order valence-electron chi connectivity index (χ1n) is 6.86. The predicted molar refractivity (Wildman–Crippen MR) is 87.3 cm³/mol. The van der Waals surface area contributed by atoms with Crippen LogP contribution < -0.4 is 0 Å². The summed E-state index contributed by atoms with van der Waals surface area (Å²) in [4.78, 5) is 3.21. The summed E-state index contributed by atoms with van der Waals surface area (Å²) in [7, 11) is 0. The van der Waals surface area contributed by atoms with E-state index >= 15 is 0 Å². The van der Waals surface area contributed by atoms with E-state index in [0.29, 0.717) is 16.3 Å². The Bertz CT molecular complexity index is 910. The second kappa shape index (κ2) is 5.19. The average Bonchev–Trinajstić information content (AvgIpc) is 2.81. The molecule has 0 aliphatic heterocycles. The van der Waals surface area contributed by atoms with Gasteiger partial charge in [0, 0.05) is 0 Å². The lowest BCUT2D eigenvalue weighted by Gasteiger charge is -2.14. The number of H-pyrrole nitrogens is 1. The van der Waals surface area contributed by atoms with Crippen LogP contribution in [-0.2, 0) is 0 Å². The van der Waals surface area contributed by atoms with Crippen molar-refractivity contribution in [2.45, 2.75) is 19.8 Å². The summed E-state index contributed by atoms with van der Waals surface area (Å²) in [6.07, 6.45) is 0. The minimum Gasteiger partial charge on any atom is -0.330 e. The fourth-order valence-corrected chi connectivity index (χ4v) is 2.90. The van der Waals surface area contributed by atoms with E-state index < -0.39 is 0 Å². The quantitative estimate of drug-likeness (QED) is 0.697. The molecule has 3 rings (SSSR count). The van der Waals surface area contributed by atoms with Gasteiger partial charge in [-0.2, -0.15) is 5.26 Å². The molecule has 0 spiro atoms. The van der Waals surface area contributed by atoms with Crippen molar-refractivity contribution < 1.29 is 0 Å². The van der Waals surface area contributed by atoms with Crippen LogP contribution in [0, 0.1) is 16.1 Å². The van der Waals surface area contributed by atoms with Crippen molar-refractivity contribution in [3.63, 3.8) is 0 Å². The molecule has 0 unspecified atom stereocenters. The topological polar surface area (TPSA) is 44.5 Å². The minimum atomic E-state index is 0.396. The van der Waals surface area contributed by atoms with E-state index in [0.717, 1.165) is 16.7 Å². The molecule has 1 N–H and O–H groups in total. The highest BCUT2D eigenvalue weighted by Crippen LogP contribution is 2.27. The van der Waals surface area contributed by atoms with Gasteiger partial charge in [-0.1, -0.05) is 32.0 Å². The summed E-state index contributed by atoms with van der Waals surface area (Å²) in [5.41, 5.74) is 4.81. The number of benzene rings is 2. The van der Waals surface area contributed by atoms with Crippen LogP contribution in [0.2, 0.25) is 0 Å². The van der Waals surface area contributed by atoms with Gasteiger partial charge in [0.25, 0.3) is 0 Å². The Morgan fingerprint density at radius 2 is 1.95 bits per heavy atom. The van der Waals surface area contributed by atoms with Crippen LogP contribution in [0.3, 0.4) is 0 Å². The van der Waals surface area contributed by atoms with Crippen LogP contribution in [0.15, 0.2) is 42.5 Å². The van der Waals surface area contributed by atoms with Gasteiger partial charge >= 0.3 is 0 Å². The summed E-state index contributed by atoms with van der Waals surface area (Å²) in [5.74, 6) is 0.396. The van der Waals surface area contributed by atoms with E-state index in [1.54, 1.807) is 6.07 Å². The maximum atomic E-state index is 9.11. The summed E-state index contributed by atoms with van der Waals surface area (Å²) in [6, 6.07) is 16.0. The predicted octanol–water partition coefficient (Wildman–Crippen LogP) is 4.68. The van der Waals surface area contributed by atoms with E-state index in [1.165, 1.54) is 5.56 Å². The molecule has 0 fully saturated rings. The number of fused-ring (bicyclic) bond motifs is 1. The van der Waals surface area contributed by atoms with Crippen LogP contribution >= 0.6 is 12.2 Å².